The molecule has 0 saturated carbocycles. The Morgan fingerprint density at radius 1 is 0.825 bits per heavy atom. The molecule has 0 amide bonds. The van der Waals surface area contributed by atoms with Gasteiger partial charge in [0.25, 0.3) is 5.13 Å². The molecule has 5 rings (SSSR count). The lowest BCUT2D eigenvalue weighted by Gasteiger charge is -2.13. The van der Waals surface area contributed by atoms with Crippen LogP contribution in [0.3, 0.4) is 0 Å². The smallest absolute Gasteiger partial charge is 0.369 e. The Labute approximate surface area is 239 Å². The fourth-order valence-electron chi connectivity index (χ4n) is 3.95. The maximum Gasteiger partial charge on any atom is 0.369 e. The normalized spacial score (nSPS) is 13.8. The average molecular weight is 574 g/mol. The lowest BCUT2D eigenvalue weighted by atomic mass is 10.2. The van der Waals surface area contributed by atoms with Crippen molar-refractivity contribution in [1.29, 1.82) is 0 Å². The summed E-state index contributed by atoms with van der Waals surface area (Å²) < 4.78 is 4.91. The van der Waals surface area contributed by atoms with Gasteiger partial charge < -0.3 is 9.64 Å². The van der Waals surface area contributed by atoms with Crippen LogP contribution < -0.4 is 4.90 Å². The Hall–Kier alpha value is -4.23. The van der Waals surface area contributed by atoms with Gasteiger partial charge in [0.1, 0.15) is 5.00 Å². The van der Waals surface area contributed by atoms with Gasteiger partial charge in [-0.1, -0.05) is 22.7 Å². The van der Waals surface area contributed by atoms with Gasteiger partial charge in [0.05, 0.1) is 34.4 Å². The Morgan fingerprint density at radius 2 is 1.48 bits per heavy atom. The summed E-state index contributed by atoms with van der Waals surface area (Å²) in [4.78, 5) is 14.1. The highest BCUT2D eigenvalue weighted by atomic mass is 32.1. The summed E-state index contributed by atoms with van der Waals surface area (Å²) in [6.45, 7) is 8.11. The molecule has 0 bridgehead atoms. The molecule has 3 heterocycles. The van der Waals surface area contributed by atoms with Gasteiger partial charge >= 0.3 is 5.97 Å². The zero-order valence-corrected chi connectivity index (χ0v) is 23.9. The van der Waals surface area contributed by atoms with Crippen molar-refractivity contribution in [2.75, 3.05) is 24.6 Å². The molecule has 0 atom stereocenters. The van der Waals surface area contributed by atoms with E-state index in [1.165, 1.54) is 17.8 Å². The van der Waals surface area contributed by atoms with Gasteiger partial charge in [-0.3, -0.25) is 0 Å². The first-order chi connectivity index (χ1) is 19.5. The number of nitrogens with zero attached hydrogens (tertiary/aromatic N) is 9. The van der Waals surface area contributed by atoms with Crippen molar-refractivity contribution in [2.24, 2.45) is 30.7 Å². The quantitative estimate of drug-likeness (QED) is 0.145. The second-order valence-corrected chi connectivity index (χ2v) is 11.0. The fraction of sp³-hybridized carbons (Fsp3) is 0.296. The maximum atomic E-state index is 11.7. The van der Waals surface area contributed by atoms with Crippen molar-refractivity contribution in [3.05, 3.63) is 64.7 Å². The number of carbonyl (C=O) groups excluding carboxylic acids is 1. The van der Waals surface area contributed by atoms with Crippen molar-refractivity contribution < 1.29 is 9.53 Å². The summed E-state index contributed by atoms with van der Waals surface area (Å²) in [5, 5.41) is 36.2. The number of rotatable bonds is 9. The zero-order valence-electron chi connectivity index (χ0n) is 22.3. The molecule has 0 N–H and O–H groups in total. The average Bonchev–Trinajstić information content (AvgIpc) is 3.73. The number of aryl methyl sites for hydroxylation is 2. The van der Waals surface area contributed by atoms with Gasteiger partial charge in [-0.25, -0.2) is 4.79 Å². The molecule has 0 unspecified atom stereocenters. The molecule has 0 spiro atoms. The molecule has 0 radical (unpaired) electrons. The largest absolute Gasteiger partial charge is 0.461 e. The summed E-state index contributed by atoms with van der Waals surface area (Å²) in [5.41, 5.74) is 4.67. The molecular weight excluding hydrogens is 546 g/mol. The maximum absolute atomic E-state index is 11.7. The molecule has 1 aliphatic heterocycles. The van der Waals surface area contributed by atoms with Gasteiger partial charge in [-0.2, -0.15) is 10.2 Å². The summed E-state index contributed by atoms with van der Waals surface area (Å²) in [7, 11) is 0. The van der Waals surface area contributed by atoms with Crippen LogP contribution in [0.2, 0.25) is 0 Å². The van der Waals surface area contributed by atoms with E-state index >= 15 is 0 Å². The van der Waals surface area contributed by atoms with E-state index in [0.29, 0.717) is 11.4 Å². The third-order valence-corrected chi connectivity index (χ3v) is 7.82. The molecule has 4 aromatic rings. The highest BCUT2D eigenvalue weighted by Gasteiger charge is 2.15. The van der Waals surface area contributed by atoms with E-state index in [-0.39, 0.29) is 16.7 Å². The third kappa shape index (κ3) is 6.85. The van der Waals surface area contributed by atoms with Crippen molar-refractivity contribution in [3.63, 3.8) is 0 Å². The number of hydrogen-bond donors (Lipinski definition) is 0. The third-order valence-electron chi connectivity index (χ3n) is 6.00. The minimum atomic E-state index is -0.522. The standard InChI is InChI=1S/C27H27N9O2S2/c1-4-38-26(37)25-33-35-27(40-25)34-31-22-10-7-19(15-18(22)3)28-30-21-9-8-20(16-17(21)2)29-32-23-11-12-24(39-23)36-13-5-6-14-36/h7-12,15-16H,4-6,13-14H2,1-3H3/b30-28+,32-29+,34-31+. The number of thiophene rings is 1. The second kappa shape index (κ2) is 12.7. The van der Waals surface area contributed by atoms with E-state index in [4.69, 9.17) is 4.74 Å². The summed E-state index contributed by atoms with van der Waals surface area (Å²) >= 11 is 2.69. The summed E-state index contributed by atoms with van der Waals surface area (Å²) in [6, 6.07) is 15.3. The van der Waals surface area contributed by atoms with E-state index in [0.717, 1.165) is 51.9 Å². The first-order valence-electron chi connectivity index (χ1n) is 12.8. The van der Waals surface area contributed by atoms with Crippen LogP contribution in [-0.2, 0) is 4.74 Å². The monoisotopic (exact) mass is 573 g/mol. The van der Waals surface area contributed by atoms with E-state index < -0.39 is 5.97 Å². The van der Waals surface area contributed by atoms with Crippen LogP contribution in [0.15, 0.2) is 79.2 Å². The number of aromatic nitrogens is 2. The van der Waals surface area contributed by atoms with Crippen LogP contribution >= 0.6 is 22.7 Å². The second-order valence-electron chi connectivity index (χ2n) is 8.96. The van der Waals surface area contributed by atoms with Crippen molar-refractivity contribution in [3.8, 4) is 0 Å². The van der Waals surface area contributed by atoms with Crippen LogP contribution in [0.4, 0.5) is 37.9 Å². The predicted molar refractivity (Wildman–Crippen MR) is 157 cm³/mol. The number of anilines is 1. The molecular formula is C27H27N9O2S2. The number of benzene rings is 2. The molecule has 0 aliphatic carbocycles. The van der Waals surface area contributed by atoms with Crippen molar-refractivity contribution in [1.82, 2.24) is 10.2 Å². The first kappa shape index (κ1) is 27.3. The fourth-order valence-corrected chi connectivity index (χ4v) is 5.39. The Morgan fingerprint density at radius 3 is 2.12 bits per heavy atom. The lowest BCUT2D eigenvalue weighted by molar-refractivity contribution is 0.0525. The van der Waals surface area contributed by atoms with Crippen LogP contribution in [0, 0.1) is 13.8 Å². The van der Waals surface area contributed by atoms with E-state index in [1.54, 1.807) is 24.3 Å². The van der Waals surface area contributed by atoms with Crippen LogP contribution in [0.5, 0.6) is 0 Å². The predicted octanol–water partition coefficient (Wildman–Crippen LogP) is 9.24. The van der Waals surface area contributed by atoms with Gasteiger partial charge in [-0.05, 0) is 93.3 Å². The molecule has 2 aromatic carbocycles. The molecule has 1 saturated heterocycles. The molecule has 1 aliphatic rings. The number of ether oxygens (including phenoxy) is 1. The molecule has 204 valence electrons. The SMILES string of the molecule is CCOC(=O)c1nnc(/N=N/c2ccc(/N=N/c3ccc(/N=N/c4ccc(N5CCCC5)s4)cc3C)cc2C)s1. The Kier molecular flexibility index (Phi) is 8.71. The summed E-state index contributed by atoms with van der Waals surface area (Å²) in [6.07, 6.45) is 2.50. The van der Waals surface area contributed by atoms with Crippen molar-refractivity contribution in [2.45, 2.75) is 33.6 Å². The van der Waals surface area contributed by atoms with Gasteiger partial charge in [0.15, 0.2) is 0 Å². The van der Waals surface area contributed by atoms with Crippen LogP contribution in [0.1, 0.15) is 40.7 Å². The van der Waals surface area contributed by atoms with Gasteiger partial charge in [0.2, 0.25) is 5.01 Å². The minimum absolute atomic E-state index is 0.142. The number of carbonyl (C=O) groups is 1. The van der Waals surface area contributed by atoms with E-state index in [1.807, 2.05) is 50.2 Å². The molecule has 40 heavy (non-hydrogen) atoms. The lowest BCUT2D eigenvalue weighted by Crippen LogP contribution is -2.15. The van der Waals surface area contributed by atoms with Gasteiger partial charge in [0, 0.05) is 13.1 Å². The summed E-state index contributed by atoms with van der Waals surface area (Å²) in [5.74, 6) is -0.522. The highest BCUT2D eigenvalue weighted by molar-refractivity contribution is 7.19. The zero-order chi connectivity index (χ0) is 27.9. The van der Waals surface area contributed by atoms with E-state index in [2.05, 4.69) is 51.8 Å². The van der Waals surface area contributed by atoms with Gasteiger partial charge in [-0.15, -0.1) is 30.7 Å². The van der Waals surface area contributed by atoms with E-state index in [9.17, 15) is 4.79 Å². The Balaban J connectivity index is 1.20. The molecule has 13 heteroatoms. The van der Waals surface area contributed by atoms with Crippen LogP contribution in [0.25, 0.3) is 0 Å². The molecule has 2 aromatic heterocycles. The van der Waals surface area contributed by atoms with Crippen LogP contribution in [-0.4, -0.2) is 35.9 Å². The highest BCUT2D eigenvalue weighted by Crippen LogP contribution is 2.35. The Bertz CT molecular complexity index is 1590. The number of esters is 1. The molecule has 1 fully saturated rings. The molecule has 11 nitrogen and oxygen atoms in total. The van der Waals surface area contributed by atoms with Crippen molar-refractivity contribution >= 4 is 66.5 Å². The number of azo groups is 3. The number of hydrogen-bond acceptors (Lipinski definition) is 13. The first-order valence-corrected chi connectivity index (χ1v) is 14.4. The minimum Gasteiger partial charge on any atom is -0.461 e. The topological polar surface area (TPSA) is 129 Å².